The Morgan fingerprint density at radius 3 is 2.68 bits per heavy atom. The largest absolute Gasteiger partial charge is 0.439 e. The number of aromatic nitrogens is 5. The van der Waals surface area contributed by atoms with Crippen LogP contribution >= 0.6 is 11.8 Å². The number of benzene rings is 2. The van der Waals surface area contributed by atoms with Crippen LogP contribution in [0.3, 0.4) is 0 Å². The first-order valence-corrected chi connectivity index (χ1v) is 11.2. The summed E-state index contributed by atoms with van der Waals surface area (Å²) in [5, 5.41) is 11.3. The molecule has 0 unspecified atom stereocenters. The van der Waals surface area contributed by atoms with E-state index in [-0.39, 0.29) is 5.95 Å². The van der Waals surface area contributed by atoms with Crippen molar-refractivity contribution in [1.82, 2.24) is 25.1 Å². The summed E-state index contributed by atoms with van der Waals surface area (Å²) in [4.78, 5) is 12.8. The molecule has 0 aliphatic heterocycles. The van der Waals surface area contributed by atoms with E-state index in [4.69, 9.17) is 10.5 Å². The van der Waals surface area contributed by atoms with Gasteiger partial charge in [-0.2, -0.15) is 9.97 Å². The molecule has 0 bridgehead atoms. The molecule has 8 nitrogen and oxygen atoms in total. The van der Waals surface area contributed by atoms with Crippen molar-refractivity contribution >= 4 is 29.3 Å². The molecule has 2 aromatic heterocycles. The molecule has 9 heteroatoms. The minimum atomic E-state index is 0.184. The molecule has 4 N–H and O–H groups in total. The predicted molar refractivity (Wildman–Crippen MR) is 122 cm³/mol. The summed E-state index contributed by atoms with van der Waals surface area (Å²) in [6, 6.07) is 15.7. The molecule has 5 rings (SSSR count). The highest BCUT2D eigenvalue weighted by atomic mass is 32.2. The molecule has 0 fully saturated rings. The second-order valence-electron chi connectivity index (χ2n) is 7.20. The number of hydrogen-bond acceptors (Lipinski definition) is 8. The van der Waals surface area contributed by atoms with Crippen LogP contribution in [0.2, 0.25) is 0 Å². The molecule has 0 spiro atoms. The number of ether oxygens (including phenoxy) is 1. The number of nitrogens with two attached hydrogens (primary N) is 1. The first kappa shape index (κ1) is 19.4. The lowest BCUT2D eigenvalue weighted by atomic mass is 10.1. The minimum Gasteiger partial charge on any atom is -0.439 e. The van der Waals surface area contributed by atoms with E-state index >= 15 is 0 Å². The first-order valence-electron chi connectivity index (χ1n) is 9.94. The van der Waals surface area contributed by atoms with Gasteiger partial charge in [0.05, 0.1) is 0 Å². The van der Waals surface area contributed by atoms with Gasteiger partial charge in [-0.1, -0.05) is 6.07 Å². The molecule has 0 radical (unpaired) electrons. The summed E-state index contributed by atoms with van der Waals surface area (Å²) < 4.78 is 5.81. The van der Waals surface area contributed by atoms with Crippen molar-refractivity contribution in [2.75, 3.05) is 17.3 Å². The van der Waals surface area contributed by atoms with E-state index in [1.807, 2.05) is 30.5 Å². The topological polar surface area (TPSA) is 115 Å². The number of nitrogens with one attached hydrogen (secondary N) is 2. The fraction of sp³-hybridized carbons (Fsp3) is 0.182. The van der Waals surface area contributed by atoms with Crippen LogP contribution < -0.4 is 15.8 Å². The standard InChI is InChI=1S/C22H21N7OS/c1-31-19-12-18(25-21(23)26-19)30-17-9-6-14(7-10-17)20-27-22(29-28-20)24-16-8-5-13-3-2-4-15(13)11-16/h5-12H,2-4H2,1H3,(H2,23,25,26)(H2,24,27,28,29). The third kappa shape index (κ3) is 4.31. The van der Waals surface area contributed by atoms with Crippen LogP contribution in [0.5, 0.6) is 11.6 Å². The fourth-order valence-corrected chi connectivity index (χ4v) is 4.01. The van der Waals surface area contributed by atoms with Crippen LogP contribution in [0.15, 0.2) is 53.6 Å². The molecule has 2 aromatic carbocycles. The van der Waals surface area contributed by atoms with E-state index < -0.39 is 0 Å². The Morgan fingerprint density at radius 1 is 1.00 bits per heavy atom. The van der Waals surface area contributed by atoms with Gasteiger partial charge >= 0.3 is 0 Å². The van der Waals surface area contributed by atoms with Gasteiger partial charge in [0.25, 0.3) is 0 Å². The molecular weight excluding hydrogens is 410 g/mol. The molecule has 4 aromatic rings. The molecular formula is C22H21N7OS. The van der Waals surface area contributed by atoms with Gasteiger partial charge in [-0.15, -0.1) is 16.9 Å². The number of aromatic amines is 1. The Hall–Kier alpha value is -3.59. The maximum atomic E-state index is 5.81. The van der Waals surface area contributed by atoms with E-state index in [2.05, 4.69) is 48.7 Å². The summed E-state index contributed by atoms with van der Waals surface area (Å²) in [5.41, 5.74) is 10.5. The van der Waals surface area contributed by atoms with Gasteiger partial charge in [0.15, 0.2) is 5.82 Å². The number of hydrogen-bond donors (Lipinski definition) is 3. The second-order valence-corrected chi connectivity index (χ2v) is 8.03. The van der Waals surface area contributed by atoms with Gasteiger partial charge in [-0.05, 0) is 73.0 Å². The van der Waals surface area contributed by atoms with Crippen molar-refractivity contribution in [1.29, 1.82) is 0 Å². The van der Waals surface area contributed by atoms with Crippen molar-refractivity contribution in [2.45, 2.75) is 24.3 Å². The molecule has 0 atom stereocenters. The third-order valence-corrected chi connectivity index (χ3v) is 5.72. The van der Waals surface area contributed by atoms with Crippen LogP contribution in [-0.4, -0.2) is 31.4 Å². The van der Waals surface area contributed by atoms with Gasteiger partial charge < -0.3 is 15.8 Å². The number of nitrogens with zero attached hydrogens (tertiary/aromatic N) is 4. The zero-order valence-corrected chi connectivity index (χ0v) is 17.7. The van der Waals surface area contributed by atoms with Crippen molar-refractivity contribution in [3.05, 3.63) is 59.7 Å². The van der Waals surface area contributed by atoms with Gasteiger partial charge in [-0.25, -0.2) is 4.98 Å². The summed E-state index contributed by atoms with van der Waals surface area (Å²) in [5.74, 6) is 2.44. The predicted octanol–water partition coefficient (Wildman–Crippen LogP) is 4.59. The zero-order valence-electron chi connectivity index (χ0n) is 16.9. The summed E-state index contributed by atoms with van der Waals surface area (Å²) in [6.45, 7) is 0. The number of thioether (sulfide) groups is 1. The lowest BCUT2D eigenvalue weighted by Crippen LogP contribution is -1.98. The molecule has 0 saturated heterocycles. The maximum absolute atomic E-state index is 5.81. The van der Waals surface area contributed by atoms with E-state index in [1.54, 1.807) is 6.07 Å². The second kappa shape index (κ2) is 8.27. The number of fused-ring (bicyclic) bond motifs is 1. The number of rotatable bonds is 6. The first-order chi connectivity index (χ1) is 15.2. The van der Waals surface area contributed by atoms with Crippen LogP contribution in [0.1, 0.15) is 17.5 Å². The lowest BCUT2D eigenvalue weighted by molar-refractivity contribution is 0.460. The Kier molecular flexibility index (Phi) is 5.17. The highest BCUT2D eigenvalue weighted by molar-refractivity contribution is 7.98. The molecule has 0 amide bonds. The van der Waals surface area contributed by atoms with E-state index in [1.165, 1.54) is 35.7 Å². The number of nitrogen functional groups attached to an aromatic ring is 1. The van der Waals surface area contributed by atoms with E-state index in [9.17, 15) is 0 Å². The Balaban J connectivity index is 1.28. The molecule has 1 aliphatic carbocycles. The molecule has 156 valence electrons. The third-order valence-electron chi connectivity index (χ3n) is 5.10. The van der Waals surface area contributed by atoms with Crippen LogP contribution in [0.25, 0.3) is 11.4 Å². The van der Waals surface area contributed by atoms with Gasteiger partial charge in [0.1, 0.15) is 10.8 Å². The zero-order chi connectivity index (χ0) is 21.2. The van der Waals surface area contributed by atoms with Crippen molar-refractivity contribution in [2.24, 2.45) is 0 Å². The minimum absolute atomic E-state index is 0.184. The summed E-state index contributed by atoms with van der Waals surface area (Å²) in [6.07, 6.45) is 5.46. The molecule has 1 aliphatic rings. The monoisotopic (exact) mass is 431 g/mol. The fourth-order valence-electron chi connectivity index (χ4n) is 3.60. The highest BCUT2D eigenvalue weighted by Gasteiger charge is 2.12. The van der Waals surface area contributed by atoms with E-state index in [0.717, 1.165) is 22.7 Å². The Bertz CT molecular complexity index is 1220. The molecule has 31 heavy (non-hydrogen) atoms. The summed E-state index contributed by atoms with van der Waals surface area (Å²) in [7, 11) is 0. The van der Waals surface area contributed by atoms with E-state index in [0.29, 0.717) is 23.4 Å². The van der Waals surface area contributed by atoms with Crippen molar-refractivity contribution < 1.29 is 4.74 Å². The number of aryl methyl sites for hydroxylation is 2. The number of anilines is 3. The smallest absolute Gasteiger partial charge is 0.246 e. The summed E-state index contributed by atoms with van der Waals surface area (Å²) >= 11 is 1.48. The van der Waals surface area contributed by atoms with Gasteiger partial charge in [-0.3, -0.25) is 5.10 Å². The number of H-pyrrole nitrogens is 1. The molecule has 0 saturated carbocycles. The quantitative estimate of drug-likeness (QED) is 0.300. The van der Waals surface area contributed by atoms with Crippen LogP contribution in [0, 0.1) is 0 Å². The SMILES string of the molecule is CSc1cc(Oc2ccc(-c3nc(Nc4ccc5c(c4)CCC5)n[nH]3)cc2)nc(N)n1. The maximum Gasteiger partial charge on any atom is 0.246 e. The lowest BCUT2D eigenvalue weighted by Gasteiger charge is -2.07. The van der Waals surface area contributed by atoms with Crippen molar-refractivity contribution in [3.63, 3.8) is 0 Å². The van der Waals surface area contributed by atoms with Crippen LogP contribution in [0.4, 0.5) is 17.6 Å². The van der Waals surface area contributed by atoms with Gasteiger partial charge in [0.2, 0.25) is 17.8 Å². The van der Waals surface area contributed by atoms with Gasteiger partial charge in [0, 0.05) is 17.3 Å². The average molecular weight is 432 g/mol. The Labute approximate surface area is 183 Å². The van der Waals surface area contributed by atoms with Crippen LogP contribution in [-0.2, 0) is 12.8 Å². The highest BCUT2D eigenvalue weighted by Crippen LogP contribution is 2.28. The molecule has 2 heterocycles. The normalized spacial score (nSPS) is 12.5. The van der Waals surface area contributed by atoms with Crippen molar-refractivity contribution in [3.8, 4) is 23.0 Å². The average Bonchev–Trinajstić information content (AvgIpc) is 3.43. The Morgan fingerprint density at radius 2 is 1.84 bits per heavy atom.